The molecule has 2 aliphatic heterocycles. The number of methoxy groups -OCH3 is 1. The molecule has 5 atom stereocenters. The number of amides is 1. The Morgan fingerprint density at radius 2 is 1.53 bits per heavy atom. The highest BCUT2D eigenvalue weighted by atomic mass is 16.5. The molecule has 1 saturated heterocycles. The van der Waals surface area contributed by atoms with Gasteiger partial charge < -0.3 is 14.4 Å². The standard InChI is InChI=1S/C46H50N2O5/c1-31(49)29-47-27-26-46-37-23-24-38(45(46)53-44-41(52-2)25-22-35(43(44)46)28-39(37)47)48(42(51)21-13-12-20-40(50)34-18-10-5-11-19-34)30-36(32-14-6-3-7-15-32)33-16-8-4-9-17-33/h3-11,14-19,22,25,36-39,45H,12-13,20-21,23-24,26-30H2,1-2H3/t37-,38+,39+,45-,46-/m0/s1. The monoisotopic (exact) mass is 710 g/mol. The number of hydrogen-bond donors (Lipinski definition) is 0. The summed E-state index contributed by atoms with van der Waals surface area (Å²) in [6.45, 7) is 3.52. The maximum atomic E-state index is 14.9. The second kappa shape index (κ2) is 14.9. The predicted octanol–water partition coefficient (Wildman–Crippen LogP) is 7.80. The zero-order valence-corrected chi connectivity index (χ0v) is 30.9. The molecule has 1 spiro atoms. The van der Waals surface area contributed by atoms with Gasteiger partial charge in [0, 0.05) is 47.9 Å². The number of ketones is 2. The van der Waals surface area contributed by atoms with Gasteiger partial charge in [-0.1, -0.05) is 97.1 Å². The highest BCUT2D eigenvalue weighted by molar-refractivity contribution is 5.96. The van der Waals surface area contributed by atoms with Crippen LogP contribution in [0.5, 0.6) is 11.5 Å². The van der Waals surface area contributed by atoms with Crippen LogP contribution >= 0.6 is 0 Å². The molecule has 0 unspecified atom stereocenters. The molecule has 7 nitrogen and oxygen atoms in total. The Morgan fingerprint density at radius 1 is 0.868 bits per heavy atom. The summed E-state index contributed by atoms with van der Waals surface area (Å²) in [6, 6.07) is 34.8. The van der Waals surface area contributed by atoms with Gasteiger partial charge in [0.05, 0.1) is 19.7 Å². The van der Waals surface area contributed by atoms with Crippen LogP contribution in [0.1, 0.15) is 90.4 Å². The third kappa shape index (κ3) is 6.47. The summed E-state index contributed by atoms with van der Waals surface area (Å²) in [4.78, 5) is 44.8. The first-order valence-corrected chi connectivity index (χ1v) is 19.5. The van der Waals surface area contributed by atoms with Crippen LogP contribution < -0.4 is 9.47 Å². The normalized spacial score (nSPS) is 23.9. The fraction of sp³-hybridized carbons (Fsp3) is 0.413. The van der Waals surface area contributed by atoms with Crippen LogP contribution in [-0.2, 0) is 21.4 Å². The lowest BCUT2D eigenvalue weighted by Gasteiger charge is -2.60. The molecule has 1 saturated carbocycles. The molecule has 0 aromatic heterocycles. The molecule has 2 heterocycles. The van der Waals surface area contributed by atoms with Crippen molar-refractivity contribution < 1.29 is 23.9 Å². The summed E-state index contributed by atoms with van der Waals surface area (Å²) in [7, 11) is 1.71. The molecule has 0 N–H and O–H groups in total. The number of piperidine rings is 1. The Balaban J connectivity index is 1.14. The molecular weight excluding hydrogens is 661 g/mol. The number of likely N-dealkylation sites (tertiary alicyclic amines) is 1. The summed E-state index contributed by atoms with van der Waals surface area (Å²) < 4.78 is 13.1. The van der Waals surface area contributed by atoms with Crippen LogP contribution in [0.3, 0.4) is 0 Å². The maximum absolute atomic E-state index is 14.9. The molecule has 53 heavy (non-hydrogen) atoms. The van der Waals surface area contributed by atoms with Crippen molar-refractivity contribution in [3.63, 3.8) is 0 Å². The topological polar surface area (TPSA) is 76.2 Å². The minimum atomic E-state index is -0.270. The minimum absolute atomic E-state index is 0.0263. The number of Topliss-reactive ketones (excluding diaryl/α,β-unsaturated/α-hetero) is 2. The van der Waals surface area contributed by atoms with E-state index in [4.69, 9.17) is 9.47 Å². The van der Waals surface area contributed by atoms with E-state index in [0.717, 1.165) is 49.3 Å². The molecule has 2 fully saturated rings. The SMILES string of the molecule is COc1ccc2c3c1O[C@H]1[C@H](N(CC(c4ccccc4)c4ccccc4)C(=O)CCCCC(=O)c4ccccc4)CC[C@H]4[C@@H](C2)N(CC(C)=O)CC[C@@]341. The number of unbranched alkanes of at least 4 members (excludes halogenated alkanes) is 1. The quantitative estimate of drug-likeness (QED) is 0.0983. The van der Waals surface area contributed by atoms with E-state index in [-0.39, 0.29) is 47.0 Å². The van der Waals surface area contributed by atoms with Gasteiger partial charge in [0.1, 0.15) is 11.9 Å². The molecule has 4 aliphatic rings. The summed E-state index contributed by atoms with van der Waals surface area (Å²) in [5.41, 5.74) is 5.36. The first-order chi connectivity index (χ1) is 25.9. The molecule has 8 rings (SSSR count). The van der Waals surface area contributed by atoms with Crippen molar-refractivity contribution in [2.24, 2.45) is 5.92 Å². The number of rotatable bonds is 14. The van der Waals surface area contributed by atoms with Gasteiger partial charge in [0.25, 0.3) is 0 Å². The van der Waals surface area contributed by atoms with Crippen molar-refractivity contribution >= 4 is 17.5 Å². The number of ether oxygens (including phenoxy) is 2. The Morgan fingerprint density at radius 3 is 2.19 bits per heavy atom. The fourth-order valence-electron chi connectivity index (χ4n) is 10.4. The highest BCUT2D eigenvalue weighted by Crippen LogP contribution is 2.64. The molecule has 2 bridgehead atoms. The van der Waals surface area contributed by atoms with Crippen molar-refractivity contribution in [3.05, 3.63) is 131 Å². The van der Waals surface area contributed by atoms with Crippen LogP contribution in [0.15, 0.2) is 103 Å². The van der Waals surface area contributed by atoms with E-state index in [1.165, 1.54) is 22.3 Å². The molecule has 2 aliphatic carbocycles. The molecule has 4 aromatic rings. The second-order valence-corrected chi connectivity index (χ2v) is 15.6. The molecule has 7 heteroatoms. The van der Waals surface area contributed by atoms with E-state index in [2.05, 4.69) is 64.4 Å². The van der Waals surface area contributed by atoms with Crippen molar-refractivity contribution in [1.82, 2.24) is 9.80 Å². The average Bonchev–Trinajstić information content (AvgIpc) is 3.54. The number of hydrogen-bond acceptors (Lipinski definition) is 6. The summed E-state index contributed by atoms with van der Waals surface area (Å²) in [5, 5.41) is 0. The van der Waals surface area contributed by atoms with Gasteiger partial charge in [-0.15, -0.1) is 0 Å². The fourth-order valence-corrected chi connectivity index (χ4v) is 10.4. The maximum Gasteiger partial charge on any atom is 0.222 e. The van der Waals surface area contributed by atoms with Crippen LogP contribution in [0.4, 0.5) is 0 Å². The third-order valence-electron chi connectivity index (χ3n) is 12.7. The van der Waals surface area contributed by atoms with Crippen molar-refractivity contribution in [1.29, 1.82) is 0 Å². The smallest absolute Gasteiger partial charge is 0.222 e. The molecule has 0 radical (unpaired) electrons. The molecule has 1 amide bonds. The van der Waals surface area contributed by atoms with Crippen LogP contribution in [0.25, 0.3) is 0 Å². The van der Waals surface area contributed by atoms with Crippen LogP contribution in [-0.4, -0.2) is 72.2 Å². The lowest BCUT2D eigenvalue weighted by Crippen LogP contribution is -2.69. The number of nitrogens with zero attached hydrogens (tertiary/aromatic N) is 2. The largest absolute Gasteiger partial charge is 0.493 e. The van der Waals surface area contributed by atoms with Crippen molar-refractivity contribution in [2.45, 2.75) is 87.8 Å². The predicted molar refractivity (Wildman–Crippen MR) is 206 cm³/mol. The van der Waals surface area contributed by atoms with Gasteiger partial charge in [0.2, 0.25) is 5.91 Å². The number of benzene rings is 4. The van der Waals surface area contributed by atoms with Gasteiger partial charge in [-0.05, 0) is 80.7 Å². The molecule has 274 valence electrons. The van der Waals surface area contributed by atoms with E-state index in [1.54, 1.807) is 14.0 Å². The zero-order chi connectivity index (χ0) is 36.5. The van der Waals surface area contributed by atoms with E-state index >= 15 is 0 Å². The van der Waals surface area contributed by atoms with E-state index in [1.807, 2.05) is 48.5 Å². The Bertz CT molecular complexity index is 1910. The molecule has 4 aromatic carbocycles. The summed E-state index contributed by atoms with van der Waals surface area (Å²) in [5.74, 6) is 2.32. The lowest BCUT2D eigenvalue weighted by molar-refractivity contribution is -0.144. The minimum Gasteiger partial charge on any atom is -0.493 e. The molecular formula is C46H50N2O5. The van der Waals surface area contributed by atoms with Gasteiger partial charge in [0.15, 0.2) is 17.3 Å². The Kier molecular flexibility index (Phi) is 9.95. The highest BCUT2D eigenvalue weighted by Gasteiger charge is 2.66. The summed E-state index contributed by atoms with van der Waals surface area (Å²) >= 11 is 0. The van der Waals surface area contributed by atoms with Crippen molar-refractivity contribution in [3.8, 4) is 11.5 Å². The number of carbonyl (C=O) groups is 3. The lowest BCUT2D eigenvalue weighted by atomic mass is 9.51. The number of carbonyl (C=O) groups excluding carboxylic acids is 3. The van der Waals surface area contributed by atoms with Gasteiger partial charge in [-0.2, -0.15) is 0 Å². The Hall–Kier alpha value is -4.75. The van der Waals surface area contributed by atoms with Crippen LogP contribution in [0.2, 0.25) is 0 Å². The van der Waals surface area contributed by atoms with E-state index < -0.39 is 0 Å². The zero-order valence-electron chi connectivity index (χ0n) is 30.9. The first-order valence-electron chi connectivity index (χ1n) is 19.5. The van der Waals surface area contributed by atoms with Crippen LogP contribution in [0, 0.1) is 5.92 Å². The van der Waals surface area contributed by atoms with Gasteiger partial charge in [-0.3, -0.25) is 19.3 Å². The summed E-state index contributed by atoms with van der Waals surface area (Å²) in [6.07, 6.45) is 5.40. The average molecular weight is 711 g/mol. The first kappa shape index (κ1) is 35.3. The van der Waals surface area contributed by atoms with Gasteiger partial charge in [-0.25, -0.2) is 0 Å². The van der Waals surface area contributed by atoms with Gasteiger partial charge >= 0.3 is 0 Å². The van der Waals surface area contributed by atoms with Crippen molar-refractivity contribution in [2.75, 3.05) is 26.7 Å². The third-order valence-corrected chi connectivity index (χ3v) is 12.7. The second-order valence-electron chi connectivity index (χ2n) is 15.6. The van der Waals surface area contributed by atoms with E-state index in [0.29, 0.717) is 44.7 Å². The van der Waals surface area contributed by atoms with E-state index in [9.17, 15) is 14.4 Å². The Labute approximate surface area is 313 Å².